The Kier molecular flexibility index (Phi) is 3.29. The summed E-state index contributed by atoms with van der Waals surface area (Å²) in [7, 11) is 0. The molecule has 0 bridgehead atoms. The molecule has 1 fully saturated rings. The van der Waals surface area contributed by atoms with Gasteiger partial charge in [0, 0.05) is 12.3 Å². The Balaban J connectivity index is 2.58. The van der Waals surface area contributed by atoms with Crippen LogP contribution in [0.1, 0.15) is 40.0 Å². The van der Waals surface area contributed by atoms with E-state index in [1.807, 2.05) is 13.8 Å². The summed E-state index contributed by atoms with van der Waals surface area (Å²) < 4.78 is 4.90. The largest absolute Gasteiger partial charge is 0.466 e. The first-order chi connectivity index (χ1) is 6.49. The fourth-order valence-corrected chi connectivity index (χ4v) is 2.01. The van der Waals surface area contributed by atoms with E-state index in [0.717, 1.165) is 6.42 Å². The summed E-state index contributed by atoms with van der Waals surface area (Å²) in [6.45, 7) is 6.12. The minimum atomic E-state index is -0.184. The van der Waals surface area contributed by atoms with E-state index in [0.29, 0.717) is 19.4 Å². The minimum absolute atomic E-state index is 0.00749. The van der Waals surface area contributed by atoms with Crippen molar-refractivity contribution in [1.82, 2.24) is 0 Å². The summed E-state index contributed by atoms with van der Waals surface area (Å²) in [5, 5.41) is 0. The molecule has 0 amide bonds. The zero-order valence-corrected chi connectivity index (χ0v) is 9.13. The molecule has 0 aromatic carbocycles. The van der Waals surface area contributed by atoms with Crippen molar-refractivity contribution < 1.29 is 14.3 Å². The SMILES string of the molecule is CCOC(=O)C[C@@]1(C)CCC(=O)[C@@H]1C. The fourth-order valence-electron chi connectivity index (χ4n) is 2.01. The monoisotopic (exact) mass is 198 g/mol. The summed E-state index contributed by atoms with van der Waals surface area (Å²) in [6.07, 6.45) is 1.79. The zero-order chi connectivity index (χ0) is 10.8. The highest BCUT2D eigenvalue weighted by Gasteiger charge is 2.43. The molecule has 0 aliphatic heterocycles. The molecule has 3 heteroatoms. The van der Waals surface area contributed by atoms with Gasteiger partial charge in [-0.05, 0) is 18.8 Å². The van der Waals surface area contributed by atoms with Crippen LogP contribution in [-0.4, -0.2) is 18.4 Å². The molecule has 3 nitrogen and oxygen atoms in total. The molecular weight excluding hydrogens is 180 g/mol. The second kappa shape index (κ2) is 4.11. The number of ketones is 1. The second-order valence-corrected chi connectivity index (χ2v) is 4.32. The molecule has 0 aromatic rings. The first kappa shape index (κ1) is 11.2. The topological polar surface area (TPSA) is 43.4 Å². The summed E-state index contributed by atoms with van der Waals surface area (Å²) in [5.74, 6) is 0.0836. The van der Waals surface area contributed by atoms with Gasteiger partial charge in [0.05, 0.1) is 13.0 Å². The van der Waals surface area contributed by atoms with Crippen molar-refractivity contribution >= 4 is 11.8 Å². The lowest BCUT2D eigenvalue weighted by Crippen LogP contribution is -2.27. The van der Waals surface area contributed by atoms with Crippen LogP contribution < -0.4 is 0 Å². The Labute approximate surface area is 84.8 Å². The molecule has 0 saturated heterocycles. The third kappa shape index (κ3) is 2.14. The van der Waals surface area contributed by atoms with Crippen LogP contribution in [0.3, 0.4) is 0 Å². The van der Waals surface area contributed by atoms with E-state index in [-0.39, 0.29) is 23.1 Å². The molecule has 1 aliphatic carbocycles. The summed E-state index contributed by atoms with van der Waals surface area (Å²) in [4.78, 5) is 22.7. The standard InChI is InChI=1S/C11H18O3/c1-4-14-10(13)7-11(3)6-5-9(12)8(11)2/h8H,4-7H2,1-3H3/t8-,11+/m0/s1. The number of esters is 1. The number of hydrogen-bond acceptors (Lipinski definition) is 3. The predicted octanol–water partition coefficient (Wildman–Crippen LogP) is 1.94. The molecular formula is C11H18O3. The molecule has 1 aliphatic rings. The third-order valence-electron chi connectivity index (χ3n) is 3.32. The van der Waals surface area contributed by atoms with E-state index in [1.54, 1.807) is 6.92 Å². The molecule has 0 N–H and O–H groups in total. The minimum Gasteiger partial charge on any atom is -0.466 e. The van der Waals surface area contributed by atoms with Crippen LogP contribution in [0.4, 0.5) is 0 Å². The quantitative estimate of drug-likeness (QED) is 0.651. The van der Waals surface area contributed by atoms with Crippen molar-refractivity contribution in [2.24, 2.45) is 11.3 Å². The van der Waals surface area contributed by atoms with Crippen LogP contribution in [0.25, 0.3) is 0 Å². The summed E-state index contributed by atoms with van der Waals surface area (Å²) in [5.41, 5.74) is -0.177. The van der Waals surface area contributed by atoms with E-state index in [9.17, 15) is 9.59 Å². The van der Waals surface area contributed by atoms with Crippen molar-refractivity contribution in [3.63, 3.8) is 0 Å². The highest BCUT2D eigenvalue weighted by atomic mass is 16.5. The first-order valence-corrected chi connectivity index (χ1v) is 5.18. The second-order valence-electron chi connectivity index (χ2n) is 4.32. The number of ether oxygens (including phenoxy) is 1. The first-order valence-electron chi connectivity index (χ1n) is 5.18. The van der Waals surface area contributed by atoms with Gasteiger partial charge in [-0.25, -0.2) is 0 Å². The highest BCUT2D eigenvalue weighted by Crippen LogP contribution is 2.43. The molecule has 80 valence electrons. The lowest BCUT2D eigenvalue weighted by molar-refractivity contribution is -0.146. The molecule has 1 saturated carbocycles. The van der Waals surface area contributed by atoms with Crippen LogP contribution in [0.2, 0.25) is 0 Å². The van der Waals surface area contributed by atoms with Gasteiger partial charge in [-0.15, -0.1) is 0 Å². The number of carbonyl (C=O) groups is 2. The van der Waals surface area contributed by atoms with Crippen molar-refractivity contribution in [3.05, 3.63) is 0 Å². The molecule has 0 heterocycles. The van der Waals surface area contributed by atoms with Crippen molar-refractivity contribution in [2.75, 3.05) is 6.61 Å². The highest BCUT2D eigenvalue weighted by molar-refractivity contribution is 5.85. The van der Waals surface area contributed by atoms with Crippen LogP contribution in [-0.2, 0) is 14.3 Å². The van der Waals surface area contributed by atoms with E-state index >= 15 is 0 Å². The van der Waals surface area contributed by atoms with Gasteiger partial charge in [0.25, 0.3) is 0 Å². The van der Waals surface area contributed by atoms with Crippen LogP contribution in [0.15, 0.2) is 0 Å². The molecule has 1 rings (SSSR count). The van der Waals surface area contributed by atoms with Crippen molar-refractivity contribution in [3.8, 4) is 0 Å². The Hall–Kier alpha value is -0.860. The number of rotatable bonds is 3. The lowest BCUT2D eigenvalue weighted by Gasteiger charge is -2.26. The summed E-state index contributed by atoms with van der Waals surface area (Å²) in [6, 6.07) is 0. The van der Waals surface area contributed by atoms with E-state index in [4.69, 9.17) is 4.74 Å². The Morgan fingerprint density at radius 1 is 1.64 bits per heavy atom. The smallest absolute Gasteiger partial charge is 0.306 e. The molecule has 0 radical (unpaired) electrons. The van der Waals surface area contributed by atoms with Crippen LogP contribution >= 0.6 is 0 Å². The van der Waals surface area contributed by atoms with Crippen LogP contribution in [0.5, 0.6) is 0 Å². The van der Waals surface area contributed by atoms with Gasteiger partial charge in [-0.2, -0.15) is 0 Å². The average molecular weight is 198 g/mol. The Bertz CT molecular complexity index is 247. The molecule has 14 heavy (non-hydrogen) atoms. The molecule has 0 unspecified atom stereocenters. The molecule has 0 aromatic heterocycles. The van der Waals surface area contributed by atoms with E-state index < -0.39 is 0 Å². The van der Waals surface area contributed by atoms with Gasteiger partial charge in [0.1, 0.15) is 5.78 Å². The Morgan fingerprint density at radius 2 is 2.29 bits per heavy atom. The number of hydrogen-bond donors (Lipinski definition) is 0. The Morgan fingerprint density at radius 3 is 2.71 bits per heavy atom. The predicted molar refractivity (Wildman–Crippen MR) is 52.8 cm³/mol. The lowest BCUT2D eigenvalue weighted by atomic mass is 9.78. The van der Waals surface area contributed by atoms with Gasteiger partial charge in [-0.3, -0.25) is 9.59 Å². The van der Waals surface area contributed by atoms with Crippen LogP contribution in [0, 0.1) is 11.3 Å². The van der Waals surface area contributed by atoms with Gasteiger partial charge >= 0.3 is 5.97 Å². The summed E-state index contributed by atoms with van der Waals surface area (Å²) >= 11 is 0. The fraction of sp³-hybridized carbons (Fsp3) is 0.818. The van der Waals surface area contributed by atoms with Gasteiger partial charge in [0.2, 0.25) is 0 Å². The maximum atomic E-state index is 11.4. The van der Waals surface area contributed by atoms with E-state index in [1.165, 1.54) is 0 Å². The molecule has 2 atom stereocenters. The maximum absolute atomic E-state index is 11.4. The molecule has 0 spiro atoms. The average Bonchev–Trinajstić information content (AvgIpc) is 2.34. The third-order valence-corrected chi connectivity index (χ3v) is 3.32. The number of Topliss-reactive ketones (excluding diaryl/α,β-unsaturated/α-hetero) is 1. The van der Waals surface area contributed by atoms with Gasteiger partial charge in [-0.1, -0.05) is 13.8 Å². The zero-order valence-electron chi connectivity index (χ0n) is 9.13. The normalized spacial score (nSPS) is 31.9. The van der Waals surface area contributed by atoms with E-state index in [2.05, 4.69) is 0 Å². The van der Waals surface area contributed by atoms with Crippen molar-refractivity contribution in [2.45, 2.75) is 40.0 Å². The number of carbonyl (C=O) groups excluding carboxylic acids is 2. The van der Waals surface area contributed by atoms with Gasteiger partial charge < -0.3 is 4.74 Å². The van der Waals surface area contributed by atoms with Gasteiger partial charge in [0.15, 0.2) is 0 Å². The maximum Gasteiger partial charge on any atom is 0.306 e. The van der Waals surface area contributed by atoms with Crippen molar-refractivity contribution in [1.29, 1.82) is 0 Å².